The maximum atomic E-state index is 2.47. The molecule has 3 heteroatoms. The predicted octanol–water partition coefficient (Wildman–Crippen LogP) is 18.0. The van der Waals surface area contributed by atoms with E-state index in [9.17, 15) is 0 Å². The molecule has 2 heterocycles. The molecule has 324 valence electrons. The summed E-state index contributed by atoms with van der Waals surface area (Å²) >= 11 is 0. The van der Waals surface area contributed by atoms with E-state index in [0.717, 1.165) is 39.6 Å². The molecule has 0 radical (unpaired) electrons. The van der Waals surface area contributed by atoms with Gasteiger partial charge in [-0.2, -0.15) is 0 Å². The maximum absolute atomic E-state index is 2.47. The lowest BCUT2D eigenvalue weighted by molar-refractivity contribution is 1.17. The molecule has 0 bridgehead atoms. The molecule has 13 rings (SSSR count). The van der Waals surface area contributed by atoms with Crippen molar-refractivity contribution in [1.29, 1.82) is 0 Å². The Balaban J connectivity index is 0.878. The molecule has 0 atom stereocenters. The Hall–Kier alpha value is -9.18. The van der Waals surface area contributed by atoms with Gasteiger partial charge in [0.2, 0.25) is 0 Å². The topological polar surface area (TPSA) is 13.1 Å². The second-order valence-electron chi connectivity index (χ2n) is 17.7. The number of fused-ring (bicyclic) bond motifs is 7. The molecular weight excluding hydrogens is 835 g/mol. The number of hydrogen-bond acceptors (Lipinski definition) is 1. The van der Waals surface area contributed by atoms with Crippen molar-refractivity contribution in [2.75, 3.05) is 4.90 Å². The average Bonchev–Trinajstić information content (AvgIpc) is 3.95. The van der Waals surface area contributed by atoms with E-state index in [-0.39, 0.29) is 0 Å². The largest absolute Gasteiger partial charge is 0.311 e. The molecule has 3 nitrogen and oxygen atoms in total. The van der Waals surface area contributed by atoms with Crippen LogP contribution in [0.25, 0.3) is 99.5 Å². The zero-order valence-corrected chi connectivity index (χ0v) is 37.8. The van der Waals surface area contributed by atoms with E-state index < -0.39 is 0 Å². The summed E-state index contributed by atoms with van der Waals surface area (Å²) in [6.45, 7) is 0. The normalized spacial score (nSPS) is 11.5. The number of nitrogens with zero attached hydrogens (tertiary/aromatic N) is 3. The number of benzene rings is 11. The van der Waals surface area contributed by atoms with Crippen LogP contribution in [-0.2, 0) is 0 Å². The Kier molecular flexibility index (Phi) is 9.84. The van der Waals surface area contributed by atoms with E-state index >= 15 is 0 Å². The van der Waals surface area contributed by atoms with Crippen molar-refractivity contribution in [2.45, 2.75) is 0 Å². The van der Waals surface area contributed by atoms with Gasteiger partial charge in [0.25, 0.3) is 0 Å². The SMILES string of the molecule is c1ccc(-c2ccc(N(c3ccc(-c4ccccc4)cc3)c3ccc(-c4ccc(-n5c6ccccc6c6ccc7c(c8ccccc8n7-c7ccc(-c8ccccc8)cc7)c65)cc4)cc3)cc2)cc1. The van der Waals surface area contributed by atoms with Gasteiger partial charge in [0.15, 0.2) is 0 Å². The summed E-state index contributed by atoms with van der Waals surface area (Å²) in [6.07, 6.45) is 0. The highest BCUT2D eigenvalue weighted by Gasteiger charge is 2.21. The minimum Gasteiger partial charge on any atom is -0.311 e. The fourth-order valence-corrected chi connectivity index (χ4v) is 10.4. The quantitative estimate of drug-likeness (QED) is 0.141. The molecule has 0 saturated carbocycles. The minimum atomic E-state index is 1.09. The van der Waals surface area contributed by atoms with E-state index in [1.807, 2.05) is 0 Å². The molecule has 13 aromatic rings. The summed E-state index contributed by atoms with van der Waals surface area (Å²) in [7, 11) is 0. The standard InChI is InChI=1S/C66H45N3/c1-4-14-46(15-5-1)49-24-34-54(35-25-49)67(55-36-26-50(27-37-55)47-16-6-2-7-17-47)56-38-28-52(29-39-56)53-32-42-58(43-33-53)69-62-22-12-10-20-59(62)60-44-45-64-65(66(60)69)61-21-11-13-23-63(61)68(64)57-40-30-51(31-41-57)48-18-8-3-9-19-48/h1-45H. The molecule has 0 aliphatic rings. The number of aromatic nitrogens is 2. The highest BCUT2D eigenvalue weighted by atomic mass is 15.1. The van der Waals surface area contributed by atoms with Gasteiger partial charge in [-0.1, -0.05) is 194 Å². The number of hydrogen-bond donors (Lipinski definition) is 0. The fraction of sp³-hybridized carbons (Fsp3) is 0. The second kappa shape index (κ2) is 16.9. The molecular formula is C66H45N3. The lowest BCUT2D eigenvalue weighted by Crippen LogP contribution is -2.09. The Morgan fingerprint density at radius 3 is 0.986 bits per heavy atom. The van der Waals surface area contributed by atoms with Gasteiger partial charge in [-0.15, -0.1) is 0 Å². The van der Waals surface area contributed by atoms with Crippen molar-refractivity contribution in [3.63, 3.8) is 0 Å². The Labute approximate surface area is 401 Å². The fourth-order valence-electron chi connectivity index (χ4n) is 10.4. The van der Waals surface area contributed by atoms with Crippen LogP contribution in [0.2, 0.25) is 0 Å². The lowest BCUT2D eigenvalue weighted by atomic mass is 10.0. The zero-order chi connectivity index (χ0) is 45.7. The summed E-state index contributed by atoms with van der Waals surface area (Å²) in [6, 6.07) is 98.9. The highest BCUT2D eigenvalue weighted by Crippen LogP contribution is 2.43. The van der Waals surface area contributed by atoms with Crippen molar-refractivity contribution in [3.8, 4) is 55.9 Å². The van der Waals surface area contributed by atoms with E-state index in [4.69, 9.17) is 0 Å². The first kappa shape index (κ1) is 40.1. The molecule has 0 unspecified atom stereocenters. The molecule has 0 aliphatic heterocycles. The van der Waals surface area contributed by atoms with E-state index in [1.165, 1.54) is 77.0 Å². The molecule has 0 spiro atoms. The first-order valence-corrected chi connectivity index (χ1v) is 23.7. The predicted molar refractivity (Wildman–Crippen MR) is 292 cm³/mol. The maximum Gasteiger partial charge on any atom is 0.0641 e. The van der Waals surface area contributed by atoms with Crippen molar-refractivity contribution in [2.24, 2.45) is 0 Å². The Bertz CT molecular complexity index is 3840. The van der Waals surface area contributed by atoms with Crippen LogP contribution < -0.4 is 4.90 Å². The summed E-state index contributed by atoms with van der Waals surface area (Å²) in [4.78, 5) is 2.34. The summed E-state index contributed by atoms with van der Waals surface area (Å²) in [5.74, 6) is 0. The van der Waals surface area contributed by atoms with Gasteiger partial charge < -0.3 is 14.0 Å². The van der Waals surface area contributed by atoms with Crippen molar-refractivity contribution < 1.29 is 0 Å². The van der Waals surface area contributed by atoms with Crippen molar-refractivity contribution in [3.05, 3.63) is 273 Å². The van der Waals surface area contributed by atoms with Crippen LogP contribution in [0.15, 0.2) is 273 Å². The third kappa shape index (κ3) is 7.08. The van der Waals surface area contributed by atoms with Crippen molar-refractivity contribution in [1.82, 2.24) is 9.13 Å². The van der Waals surface area contributed by atoms with Gasteiger partial charge in [-0.25, -0.2) is 0 Å². The summed E-state index contributed by atoms with van der Waals surface area (Å²) in [5.41, 5.74) is 19.9. The van der Waals surface area contributed by atoms with Gasteiger partial charge in [0, 0.05) is 50.0 Å². The number of rotatable bonds is 9. The third-order valence-corrected chi connectivity index (χ3v) is 13.8. The molecule has 0 N–H and O–H groups in total. The average molecular weight is 880 g/mol. The van der Waals surface area contributed by atoms with Gasteiger partial charge in [-0.3, -0.25) is 0 Å². The molecule has 2 aromatic heterocycles. The smallest absolute Gasteiger partial charge is 0.0641 e. The monoisotopic (exact) mass is 879 g/mol. The van der Waals surface area contributed by atoms with Crippen LogP contribution in [0.3, 0.4) is 0 Å². The van der Waals surface area contributed by atoms with Gasteiger partial charge in [0.05, 0.1) is 22.1 Å². The molecule has 11 aromatic carbocycles. The lowest BCUT2D eigenvalue weighted by Gasteiger charge is -2.26. The number of para-hydroxylation sites is 2. The van der Waals surface area contributed by atoms with E-state index in [2.05, 4.69) is 287 Å². The molecule has 0 aliphatic carbocycles. The number of anilines is 3. The van der Waals surface area contributed by atoms with Crippen LogP contribution in [0.1, 0.15) is 0 Å². The molecule has 0 amide bonds. The first-order valence-electron chi connectivity index (χ1n) is 23.7. The minimum absolute atomic E-state index is 1.09. The summed E-state index contributed by atoms with van der Waals surface area (Å²) < 4.78 is 4.90. The second-order valence-corrected chi connectivity index (χ2v) is 17.7. The summed E-state index contributed by atoms with van der Waals surface area (Å²) in [5, 5.41) is 4.97. The highest BCUT2D eigenvalue weighted by molar-refractivity contribution is 6.26. The van der Waals surface area contributed by atoms with Crippen LogP contribution >= 0.6 is 0 Å². The van der Waals surface area contributed by atoms with Gasteiger partial charge >= 0.3 is 0 Å². The van der Waals surface area contributed by atoms with Crippen LogP contribution in [-0.4, -0.2) is 9.13 Å². The van der Waals surface area contributed by atoms with E-state index in [1.54, 1.807) is 0 Å². The Morgan fingerprint density at radius 2 is 0.551 bits per heavy atom. The Morgan fingerprint density at radius 1 is 0.217 bits per heavy atom. The van der Waals surface area contributed by atoms with Crippen LogP contribution in [0.4, 0.5) is 17.1 Å². The van der Waals surface area contributed by atoms with Gasteiger partial charge in [-0.05, 0) is 123 Å². The molecule has 69 heavy (non-hydrogen) atoms. The zero-order valence-electron chi connectivity index (χ0n) is 37.8. The molecule has 0 fully saturated rings. The third-order valence-electron chi connectivity index (χ3n) is 13.8. The van der Waals surface area contributed by atoms with Gasteiger partial charge in [0.1, 0.15) is 0 Å². The van der Waals surface area contributed by atoms with Crippen LogP contribution in [0.5, 0.6) is 0 Å². The van der Waals surface area contributed by atoms with E-state index in [0.29, 0.717) is 0 Å². The van der Waals surface area contributed by atoms with Crippen LogP contribution in [0, 0.1) is 0 Å². The van der Waals surface area contributed by atoms with Crippen molar-refractivity contribution >= 4 is 60.7 Å². The first-order chi connectivity index (χ1) is 34.2. The molecule has 0 saturated heterocycles.